The fraction of sp³-hybridized carbons (Fsp3) is 0.375. The first-order chi connectivity index (χ1) is 11.3. The Hall–Kier alpha value is -2.35. The zero-order chi connectivity index (χ0) is 17.3. The third kappa shape index (κ3) is 3.59. The highest BCUT2D eigenvalue weighted by molar-refractivity contribution is 5.47. The SMILES string of the molecule is Nc1nc(N)c2c(n1)CCC(OCc1cccc(C(F)(F)F)c1)C2. The third-order valence-electron chi connectivity index (χ3n) is 4.02. The van der Waals surface area contributed by atoms with E-state index in [9.17, 15) is 13.2 Å². The van der Waals surface area contributed by atoms with E-state index >= 15 is 0 Å². The van der Waals surface area contributed by atoms with E-state index in [0.717, 1.165) is 23.4 Å². The summed E-state index contributed by atoms with van der Waals surface area (Å²) < 4.78 is 43.9. The number of nitrogens with zero attached hydrogens (tertiary/aromatic N) is 2. The van der Waals surface area contributed by atoms with Crippen molar-refractivity contribution in [1.29, 1.82) is 0 Å². The Morgan fingerprint density at radius 2 is 2.00 bits per heavy atom. The number of nitrogens with two attached hydrogens (primary N) is 2. The molecule has 0 fully saturated rings. The van der Waals surface area contributed by atoms with E-state index < -0.39 is 11.7 Å². The normalized spacial score (nSPS) is 17.5. The third-order valence-corrected chi connectivity index (χ3v) is 4.02. The lowest BCUT2D eigenvalue weighted by molar-refractivity contribution is -0.137. The Morgan fingerprint density at radius 3 is 2.75 bits per heavy atom. The van der Waals surface area contributed by atoms with E-state index in [1.807, 2.05) is 0 Å². The van der Waals surface area contributed by atoms with Crippen LogP contribution in [0.3, 0.4) is 0 Å². The lowest BCUT2D eigenvalue weighted by atomic mass is 9.94. The number of benzene rings is 1. The van der Waals surface area contributed by atoms with Crippen LogP contribution in [0.2, 0.25) is 0 Å². The predicted octanol–water partition coefficient (Wildman–Crippen LogP) is 2.73. The van der Waals surface area contributed by atoms with E-state index in [-0.39, 0.29) is 18.7 Å². The van der Waals surface area contributed by atoms with Crippen LogP contribution < -0.4 is 11.5 Å². The van der Waals surface area contributed by atoms with Crippen molar-refractivity contribution < 1.29 is 17.9 Å². The smallest absolute Gasteiger partial charge is 0.383 e. The number of ether oxygens (including phenoxy) is 1. The van der Waals surface area contributed by atoms with E-state index in [1.54, 1.807) is 6.07 Å². The molecular formula is C16H17F3N4O. The van der Waals surface area contributed by atoms with Crippen molar-refractivity contribution in [2.75, 3.05) is 11.5 Å². The second-order valence-electron chi connectivity index (χ2n) is 5.77. The van der Waals surface area contributed by atoms with Crippen molar-refractivity contribution in [3.8, 4) is 0 Å². The Balaban J connectivity index is 1.66. The molecule has 5 nitrogen and oxygen atoms in total. The zero-order valence-electron chi connectivity index (χ0n) is 12.8. The molecule has 0 radical (unpaired) electrons. The lowest BCUT2D eigenvalue weighted by Gasteiger charge is -2.25. The highest BCUT2D eigenvalue weighted by atomic mass is 19.4. The van der Waals surface area contributed by atoms with Gasteiger partial charge in [-0.3, -0.25) is 0 Å². The molecule has 1 atom stereocenters. The van der Waals surface area contributed by atoms with Crippen LogP contribution in [0.25, 0.3) is 0 Å². The van der Waals surface area contributed by atoms with Crippen LogP contribution in [0.4, 0.5) is 24.9 Å². The number of aromatic nitrogens is 2. The van der Waals surface area contributed by atoms with Gasteiger partial charge in [-0.15, -0.1) is 0 Å². The van der Waals surface area contributed by atoms with Crippen LogP contribution in [-0.2, 0) is 30.4 Å². The van der Waals surface area contributed by atoms with Crippen molar-refractivity contribution >= 4 is 11.8 Å². The monoisotopic (exact) mass is 338 g/mol. The number of alkyl halides is 3. The summed E-state index contributed by atoms with van der Waals surface area (Å²) >= 11 is 0. The fourth-order valence-electron chi connectivity index (χ4n) is 2.82. The summed E-state index contributed by atoms with van der Waals surface area (Å²) in [5.41, 5.74) is 12.9. The number of halogens is 3. The quantitative estimate of drug-likeness (QED) is 0.898. The van der Waals surface area contributed by atoms with Gasteiger partial charge in [-0.2, -0.15) is 18.2 Å². The first kappa shape index (κ1) is 16.5. The Labute approximate surface area is 136 Å². The standard InChI is InChI=1S/C16H17F3N4O/c17-16(18,19)10-3-1-2-9(6-10)8-24-11-4-5-13-12(7-11)14(20)23-15(21)22-13/h1-3,6,11H,4-5,7-8H2,(H4,20,21,22,23). The predicted molar refractivity (Wildman–Crippen MR) is 82.9 cm³/mol. The van der Waals surface area contributed by atoms with Gasteiger partial charge in [0.25, 0.3) is 0 Å². The Morgan fingerprint density at radius 1 is 1.21 bits per heavy atom. The van der Waals surface area contributed by atoms with Gasteiger partial charge in [0.2, 0.25) is 5.95 Å². The second kappa shape index (κ2) is 6.27. The van der Waals surface area contributed by atoms with Gasteiger partial charge >= 0.3 is 6.18 Å². The van der Waals surface area contributed by atoms with Crippen LogP contribution in [0.1, 0.15) is 28.8 Å². The van der Waals surface area contributed by atoms with Gasteiger partial charge in [0.05, 0.1) is 24.0 Å². The van der Waals surface area contributed by atoms with Crippen molar-refractivity contribution in [3.05, 3.63) is 46.6 Å². The lowest BCUT2D eigenvalue weighted by Crippen LogP contribution is -2.25. The molecule has 1 aromatic heterocycles. The molecule has 128 valence electrons. The summed E-state index contributed by atoms with van der Waals surface area (Å²) in [7, 11) is 0. The first-order valence-corrected chi connectivity index (χ1v) is 7.51. The van der Waals surface area contributed by atoms with Gasteiger partial charge in [-0.25, -0.2) is 4.98 Å². The van der Waals surface area contributed by atoms with Gasteiger partial charge in [-0.1, -0.05) is 12.1 Å². The molecule has 0 spiro atoms. The Kier molecular flexibility index (Phi) is 4.31. The number of anilines is 2. The summed E-state index contributed by atoms with van der Waals surface area (Å²) in [6, 6.07) is 5.15. The molecule has 1 aromatic carbocycles. The van der Waals surface area contributed by atoms with Crippen LogP contribution in [0.15, 0.2) is 24.3 Å². The molecule has 0 saturated carbocycles. The van der Waals surface area contributed by atoms with Crippen LogP contribution in [-0.4, -0.2) is 16.1 Å². The van der Waals surface area contributed by atoms with E-state index in [2.05, 4.69) is 9.97 Å². The molecule has 0 amide bonds. The summed E-state index contributed by atoms with van der Waals surface area (Å²) in [6.45, 7) is 0.111. The molecule has 8 heteroatoms. The van der Waals surface area contributed by atoms with Crippen LogP contribution in [0, 0.1) is 0 Å². The highest BCUT2D eigenvalue weighted by Crippen LogP contribution is 2.30. The van der Waals surface area contributed by atoms with Crippen molar-refractivity contribution in [2.24, 2.45) is 0 Å². The maximum atomic E-state index is 12.7. The largest absolute Gasteiger partial charge is 0.416 e. The number of hydrogen-bond acceptors (Lipinski definition) is 5. The summed E-state index contributed by atoms with van der Waals surface area (Å²) in [4.78, 5) is 8.11. The van der Waals surface area contributed by atoms with E-state index in [4.69, 9.17) is 16.2 Å². The number of aryl methyl sites for hydroxylation is 1. The molecule has 0 aliphatic heterocycles. The molecule has 2 aromatic rings. The van der Waals surface area contributed by atoms with Crippen molar-refractivity contribution in [2.45, 2.75) is 38.1 Å². The van der Waals surface area contributed by atoms with Gasteiger partial charge in [0, 0.05) is 12.0 Å². The molecule has 0 bridgehead atoms. The summed E-state index contributed by atoms with van der Waals surface area (Å²) in [6.07, 6.45) is -2.60. The number of fused-ring (bicyclic) bond motifs is 1. The van der Waals surface area contributed by atoms with Crippen molar-refractivity contribution in [1.82, 2.24) is 9.97 Å². The highest BCUT2D eigenvalue weighted by Gasteiger charge is 2.30. The maximum absolute atomic E-state index is 12.7. The minimum absolute atomic E-state index is 0.111. The Bertz CT molecular complexity index is 749. The van der Waals surface area contributed by atoms with E-state index in [0.29, 0.717) is 30.6 Å². The fourth-order valence-corrected chi connectivity index (χ4v) is 2.82. The average molecular weight is 338 g/mol. The van der Waals surface area contributed by atoms with Crippen LogP contribution in [0.5, 0.6) is 0 Å². The topological polar surface area (TPSA) is 87.0 Å². The molecule has 1 unspecified atom stereocenters. The summed E-state index contributed by atoms with van der Waals surface area (Å²) in [5, 5.41) is 0. The van der Waals surface area contributed by atoms with Crippen LogP contribution >= 0.6 is 0 Å². The van der Waals surface area contributed by atoms with Gasteiger partial charge in [0.1, 0.15) is 5.82 Å². The van der Waals surface area contributed by atoms with E-state index in [1.165, 1.54) is 6.07 Å². The second-order valence-corrected chi connectivity index (χ2v) is 5.77. The molecule has 1 aliphatic carbocycles. The molecular weight excluding hydrogens is 321 g/mol. The maximum Gasteiger partial charge on any atom is 0.416 e. The number of hydrogen-bond donors (Lipinski definition) is 2. The molecule has 1 aliphatic rings. The average Bonchev–Trinajstić information content (AvgIpc) is 2.52. The molecule has 0 saturated heterocycles. The molecule has 1 heterocycles. The minimum Gasteiger partial charge on any atom is -0.383 e. The van der Waals surface area contributed by atoms with Gasteiger partial charge in [-0.05, 0) is 30.5 Å². The van der Waals surface area contributed by atoms with Crippen molar-refractivity contribution in [3.63, 3.8) is 0 Å². The molecule has 24 heavy (non-hydrogen) atoms. The molecule has 3 rings (SSSR count). The summed E-state index contributed by atoms with van der Waals surface area (Å²) in [5.74, 6) is 0.486. The number of rotatable bonds is 3. The molecule has 4 N–H and O–H groups in total. The first-order valence-electron chi connectivity index (χ1n) is 7.51. The number of nitrogen functional groups attached to an aromatic ring is 2. The van der Waals surface area contributed by atoms with Gasteiger partial charge < -0.3 is 16.2 Å². The minimum atomic E-state index is -4.36. The van der Waals surface area contributed by atoms with Gasteiger partial charge in [0.15, 0.2) is 0 Å². The zero-order valence-corrected chi connectivity index (χ0v) is 12.8.